The second-order valence-corrected chi connectivity index (χ2v) is 6.14. The number of carbonyl (C=O) groups is 1. The van der Waals surface area contributed by atoms with E-state index < -0.39 is 0 Å². The summed E-state index contributed by atoms with van der Waals surface area (Å²) in [4.78, 5) is 16.4. The summed E-state index contributed by atoms with van der Waals surface area (Å²) in [6, 6.07) is 9.97. The number of benzene rings is 1. The van der Waals surface area contributed by atoms with Crippen LogP contribution in [0.4, 0.5) is 0 Å². The van der Waals surface area contributed by atoms with Crippen molar-refractivity contribution in [2.75, 3.05) is 0 Å². The molecule has 0 aliphatic carbocycles. The molecule has 2 aromatic rings. The number of thiazole rings is 1. The van der Waals surface area contributed by atoms with Gasteiger partial charge in [-0.15, -0.1) is 11.3 Å². The molecular formula is C15H18N2OS. The third-order valence-corrected chi connectivity index (χ3v) is 3.78. The Morgan fingerprint density at radius 2 is 2.00 bits per heavy atom. The molecular weight excluding hydrogens is 256 g/mol. The van der Waals surface area contributed by atoms with Crippen LogP contribution in [-0.2, 0) is 16.8 Å². The molecule has 1 aromatic carbocycles. The summed E-state index contributed by atoms with van der Waals surface area (Å²) in [6.07, 6.45) is 0.334. The van der Waals surface area contributed by atoms with Crippen molar-refractivity contribution >= 4 is 17.2 Å². The fourth-order valence-electron chi connectivity index (χ4n) is 1.97. The SMILES string of the molecule is Cc1nc(CC(=O)NC(C)(C)c2ccccc2)cs1. The fraction of sp³-hybridized carbons (Fsp3) is 0.333. The summed E-state index contributed by atoms with van der Waals surface area (Å²) in [6.45, 7) is 5.96. The van der Waals surface area contributed by atoms with Crippen LogP contribution in [0, 0.1) is 6.92 Å². The van der Waals surface area contributed by atoms with E-state index in [-0.39, 0.29) is 11.4 Å². The van der Waals surface area contributed by atoms with Crippen LogP contribution in [0.5, 0.6) is 0 Å². The highest BCUT2D eigenvalue weighted by Crippen LogP contribution is 2.19. The van der Waals surface area contributed by atoms with Crippen molar-refractivity contribution in [1.29, 1.82) is 0 Å². The lowest BCUT2D eigenvalue weighted by atomic mass is 9.94. The maximum atomic E-state index is 12.1. The molecule has 3 nitrogen and oxygen atoms in total. The molecule has 4 heteroatoms. The van der Waals surface area contributed by atoms with E-state index in [2.05, 4.69) is 10.3 Å². The number of hydrogen-bond donors (Lipinski definition) is 1. The number of amides is 1. The zero-order chi connectivity index (χ0) is 13.9. The van der Waals surface area contributed by atoms with E-state index >= 15 is 0 Å². The van der Waals surface area contributed by atoms with Crippen molar-refractivity contribution in [1.82, 2.24) is 10.3 Å². The summed E-state index contributed by atoms with van der Waals surface area (Å²) >= 11 is 1.57. The summed E-state index contributed by atoms with van der Waals surface area (Å²) in [5.74, 6) is -0.000784. The Hall–Kier alpha value is -1.68. The first-order valence-corrected chi connectivity index (χ1v) is 7.13. The Morgan fingerprint density at radius 1 is 1.32 bits per heavy atom. The molecule has 0 spiro atoms. The Kier molecular flexibility index (Phi) is 4.00. The molecule has 0 aliphatic rings. The highest BCUT2D eigenvalue weighted by molar-refractivity contribution is 7.09. The number of aryl methyl sites for hydroxylation is 1. The van der Waals surface area contributed by atoms with E-state index in [4.69, 9.17) is 0 Å². The molecule has 2 rings (SSSR count). The van der Waals surface area contributed by atoms with Crippen LogP contribution in [0.15, 0.2) is 35.7 Å². The van der Waals surface area contributed by atoms with Crippen LogP contribution in [0.2, 0.25) is 0 Å². The molecule has 0 unspecified atom stereocenters. The molecule has 0 atom stereocenters. The Labute approximate surface area is 117 Å². The smallest absolute Gasteiger partial charge is 0.226 e. The van der Waals surface area contributed by atoms with Gasteiger partial charge in [-0.05, 0) is 26.3 Å². The maximum Gasteiger partial charge on any atom is 0.226 e. The Balaban J connectivity index is 2.02. The van der Waals surface area contributed by atoms with Gasteiger partial charge in [0.1, 0.15) is 0 Å². The van der Waals surface area contributed by atoms with Crippen LogP contribution < -0.4 is 5.32 Å². The summed E-state index contributed by atoms with van der Waals surface area (Å²) in [5, 5.41) is 5.98. The first-order valence-electron chi connectivity index (χ1n) is 6.25. The predicted molar refractivity (Wildman–Crippen MR) is 78.2 cm³/mol. The highest BCUT2D eigenvalue weighted by atomic mass is 32.1. The molecule has 0 aliphatic heterocycles. The quantitative estimate of drug-likeness (QED) is 0.931. The maximum absolute atomic E-state index is 12.1. The van der Waals surface area contributed by atoms with Crippen molar-refractivity contribution in [2.24, 2.45) is 0 Å². The van der Waals surface area contributed by atoms with Crippen LogP contribution in [0.3, 0.4) is 0 Å². The molecule has 19 heavy (non-hydrogen) atoms. The standard InChI is InChI=1S/C15H18N2OS/c1-11-16-13(10-19-11)9-14(18)17-15(2,3)12-7-5-4-6-8-12/h4-8,10H,9H2,1-3H3,(H,17,18). The van der Waals surface area contributed by atoms with Gasteiger partial charge in [-0.25, -0.2) is 4.98 Å². The molecule has 1 amide bonds. The van der Waals surface area contributed by atoms with Gasteiger partial charge in [0.25, 0.3) is 0 Å². The minimum absolute atomic E-state index is 0.000784. The third-order valence-electron chi connectivity index (χ3n) is 2.96. The van der Waals surface area contributed by atoms with Gasteiger partial charge in [-0.1, -0.05) is 30.3 Å². The van der Waals surface area contributed by atoms with E-state index in [1.807, 2.05) is 56.5 Å². The number of nitrogens with zero attached hydrogens (tertiary/aromatic N) is 1. The van der Waals surface area contributed by atoms with Crippen LogP contribution in [0.25, 0.3) is 0 Å². The number of carbonyl (C=O) groups excluding carboxylic acids is 1. The molecule has 1 heterocycles. The molecule has 1 aromatic heterocycles. The summed E-state index contributed by atoms with van der Waals surface area (Å²) < 4.78 is 0. The second-order valence-electron chi connectivity index (χ2n) is 5.07. The average Bonchev–Trinajstić information content (AvgIpc) is 2.75. The van der Waals surface area contributed by atoms with Gasteiger partial charge >= 0.3 is 0 Å². The zero-order valence-electron chi connectivity index (χ0n) is 11.4. The molecule has 100 valence electrons. The van der Waals surface area contributed by atoms with Gasteiger partial charge in [0.15, 0.2) is 0 Å². The van der Waals surface area contributed by atoms with E-state index in [1.54, 1.807) is 11.3 Å². The lowest BCUT2D eigenvalue weighted by Gasteiger charge is -2.26. The van der Waals surface area contributed by atoms with Crippen molar-refractivity contribution in [3.8, 4) is 0 Å². The zero-order valence-corrected chi connectivity index (χ0v) is 12.3. The number of hydrogen-bond acceptors (Lipinski definition) is 3. The number of aromatic nitrogens is 1. The molecule has 0 saturated carbocycles. The molecule has 0 fully saturated rings. The van der Waals surface area contributed by atoms with Gasteiger partial charge in [0.2, 0.25) is 5.91 Å². The molecule has 0 saturated heterocycles. The van der Waals surface area contributed by atoms with E-state index in [1.165, 1.54) is 0 Å². The van der Waals surface area contributed by atoms with Crippen LogP contribution >= 0.6 is 11.3 Å². The minimum atomic E-state index is -0.372. The lowest BCUT2D eigenvalue weighted by molar-refractivity contribution is -0.122. The van der Waals surface area contributed by atoms with Gasteiger partial charge in [0.05, 0.1) is 22.7 Å². The minimum Gasteiger partial charge on any atom is -0.347 e. The molecule has 0 bridgehead atoms. The fourth-order valence-corrected chi connectivity index (χ4v) is 2.59. The largest absolute Gasteiger partial charge is 0.347 e. The van der Waals surface area contributed by atoms with Crippen LogP contribution in [-0.4, -0.2) is 10.9 Å². The monoisotopic (exact) mass is 274 g/mol. The first kappa shape index (κ1) is 13.7. The highest BCUT2D eigenvalue weighted by Gasteiger charge is 2.22. The van der Waals surface area contributed by atoms with Crippen molar-refractivity contribution in [2.45, 2.75) is 32.7 Å². The number of rotatable bonds is 4. The second kappa shape index (κ2) is 5.53. The number of nitrogens with one attached hydrogen (secondary N) is 1. The topological polar surface area (TPSA) is 42.0 Å². The van der Waals surface area contributed by atoms with E-state index in [0.717, 1.165) is 16.3 Å². The summed E-state index contributed by atoms with van der Waals surface area (Å²) in [7, 11) is 0. The van der Waals surface area contributed by atoms with Crippen molar-refractivity contribution in [3.05, 3.63) is 52.0 Å². The van der Waals surface area contributed by atoms with Gasteiger partial charge in [0, 0.05) is 5.38 Å². The van der Waals surface area contributed by atoms with Gasteiger partial charge < -0.3 is 5.32 Å². The van der Waals surface area contributed by atoms with Crippen molar-refractivity contribution in [3.63, 3.8) is 0 Å². The van der Waals surface area contributed by atoms with E-state index in [9.17, 15) is 4.79 Å². The van der Waals surface area contributed by atoms with Crippen LogP contribution in [0.1, 0.15) is 30.1 Å². The Bertz CT molecular complexity index is 561. The normalized spacial score (nSPS) is 11.3. The van der Waals surface area contributed by atoms with Gasteiger partial charge in [-0.3, -0.25) is 4.79 Å². The van der Waals surface area contributed by atoms with Gasteiger partial charge in [-0.2, -0.15) is 0 Å². The molecule has 0 radical (unpaired) electrons. The molecule has 1 N–H and O–H groups in total. The predicted octanol–water partition coefficient (Wildman–Crippen LogP) is 3.05. The first-order chi connectivity index (χ1) is 8.97. The lowest BCUT2D eigenvalue weighted by Crippen LogP contribution is -2.41. The van der Waals surface area contributed by atoms with E-state index in [0.29, 0.717) is 6.42 Å². The third kappa shape index (κ3) is 3.64. The average molecular weight is 274 g/mol. The Morgan fingerprint density at radius 3 is 2.58 bits per heavy atom. The van der Waals surface area contributed by atoms with Crippen molar-refractivity contribution < 1.29 is 4.79 Å². The summed E-state index contributed by atoms with van der Waals surface area (Å²) in [5.41, 5.74) is 1.56.